The predicted molar refractivity (Wildman–Crippen MR) is 72.7 cm³/mol. The van der Waals surface area contributed by atoms with Crippen molar-refractivity contribution in [1.29, 1.82) is 0 Å². The Morgan fingerprint density at radius 3 is 2.86 bits per heavy atom. The van der Waals surface area contributed by atoms with E-state index in [2.05, 4.69) is 4.74 Å². The summed E-state index contributed by atoms with van der Waals surface area (Å²) in [6.45, 7) is 0.0101. The zero-order valence-corrected chi connectivity index (χ0v) is 11.8. The first-order chi connectivity index (χ1) is 10.1. The highest BCUT2D eigenvalue weighted by atomic mass is 19.1. The minimum absolute atomic E-state index is 0.0586. The van der Waals surface area contributed by atoms with Gasteiger partial charge in [-0.1, -0.05) is 18.2 Å². The summed E-state index contributed by atoms with van der Waals surface area (Å²) in [7, 11) is 1.28. The van der Waals surface area contributed by atoms with E-state index in [0.717, 1.165) is 0 Å². The fourth-order valence-corrected chi connectivity index (χ4v) is 2.70. The van der Waals surface area contributed by atoms with Crippen molar-refractivity contribution in [3.05, 3.63) is 35.6 Å². The number of ether oxygens (including phenoxy) is 1. The Kier molecular flexibility index (Phi) is 4.90. The molecule has 1 saturated heterocycles. The Morgan fingerprint density at radius 1 is 1.52 bits per heavy atom. The second-order valence-electron chi connectivity index (χ2n) is 5.02. The van der Waals surface area contributed by atoms with Crippen LogP contribution in [-0.4, -0.2) is 42.1 Å². The van der Waals surface area contributed by atoms with Gasteiger partial charge in [0.1, 0.15) is 5.82 Å². The number of esters is 1. The van der Waals surface area contributed by atoms with E-state index in [1.54, 1.807) is 18.2 Å². The van der Waals surface area contributed by atoms with Gasteiger partial charge in [-0.2, -0.15) is 0 Å². The first-order valence-corrected chi connectivity index (χ1v) is 6.81. The van der Waals surface area contributed by atoms with Gasteiger partial charge in [0.25, 0.3) is 0 Å². The van der Waals surface area contributed by atoms with Crippen molar-refractivity contribution < 1.29 is 23.8 Å². The Labute approximate surface area is 122 Å². The van der Waals surface area contributed by atoms with Crippen LogP contribution < -0.4 is 0 Å². The quantitative estimate of drug-likeness (QED) is 0.831. The lowest BCUT2D eigenvalue weighted by Crippen LogP contribution is -2.32. The maximum atomic E-state index is 14.0. The standard InChI is InChI=1S/C15H18FNO4/c1-21-15(20)10-8-14(19)17(9-10)13(6-7-18)11-4-2-3-5-12(11)16/h2-5,10,13,18H,6-9H2,1H3. The third kappa shape index (κ3) is 3.21. The zero-order valence-electron chi connectivity index (χ0n) is 11.8. The number of carbonyl (C=O) groups excluding carboxylic acids is 2. The van der Waals surface area contributed by atoms with Crippen molar-refractivity contribution in [1.82, 2.24) is 4.90 Å². The molecular formula is C15H18FNO4. The van der Waals surface area contributed by atoms with Gasteiger partial charge in [0.15, 0.2) is 0 Å². The third-order valence-electron chi connectivity index (χ3n) is 3.74. The van der Waals surface area contributed by atoms with Crippen LogP contribution in [0.15, 0.2) is 24.3 Å². The summed E-state index contributed by atoms with van der Waals surface area (Å²) in [5.74, 6) is -1.63. The normalized spacial score (nSPS) is 19.7. The Balaban J connectivity index is 2.25. The highest BCUT2D eigenvalue weighted by Crippen LogP contribution is 2.32. The highest BCUT2D eigenvalue weighted by molar-refractivity contribution is 5.87. The molecule has 0 bridgehead atoms. The second-order valence-corrected chi connectivity index (χ2v) is 5.02. The van der Waals surface area contributed by atoms with E-state index in [1.165, 1.54) is 18.1 Å². The number of aliphatic hydroxyl groups is 1. The molecule has 0 saturated carbocycles. The molecule has 1 aromatic carbocycles. The lowest BCUT2D eigenvalue weighted by molar-refractivity contribution is -0.145. The smallest absolute Gasteiger partial charge is 0.310 e. The van der Waals surface area contributed by atoms with Gasteiger partial charge >= 0.3 is 5.97 Å². The molecule has 5 nitrogen and oxygen atoms in total. The molecule has 6 heteroatoms. The number of nitrogens with zero attached hydrogens (tertiary/aromatic N) is 1. The van der Waals surface area contributed by atoms with Crippen LogP contribution in [0.2, 0.25) is 0 Å². The van der Waals surface area contributed by atoms with Crippen LogP contribution in [0.4, 0.5) is 4.39 Å². The molecule has 1 aromatic rings. The van der Waals surface area contributed by atoms with Crippen LogP contribution in [0, 0.1) is 11.7 Å². The van der Waals surface area contributed by atoms with Gasteiger partial charge in [-0.3, -0.25) is 9.59 Å². The van der Waals surface area contributed by atoms with Crippen molar-refractivity contribution in [3.8, 4) is 0 Å². The highest BCUT2D eigenvalue weighted by Gasteiger charge is 2.39. The number of amides is 1. The van der Waals surface area contributed by atoms with E-state index in [4.69, 9.17) is 0 Å². The molecule has 1 amide bonds. The molecule has 1 fully saturated rings. The number of methoxy groups -OCH3 is 1. The number of aliphatic hydroxyl groups excluding tert-OH is 1. The molecule has 21 heavy (non-hydrogen) atoms. The monoisotopic (exact) mass is 295 g/mol. The van der Waals surface area contributed by atoms with Crippen molar-refractivity contribution in [2.24, 2.45) is 5.92 Å². The first kappa shape index (κ1) is 15.4. The topological polar surface area (TPSA) is 66.8 Å². The number of hydrogen-bond acceptors (Lipinski definition) is 4. The van der Waals surface area contributed by atoms with Crippen LogP contribution in [-0.2, 0) is 14.3 Å². The van der Waals surface area contributed by atoms with Crippen LogP contribution in [0.1, 0.15) is 24.4 Å². The van der Waals surface area contributed by atoms with E-state index in [-0.39, 0.29) is 31.9 Å². The average Bonchev–Trinajstić information content (AvgIpc) is 2.87. The molecule has 114 valence electrons. The molecule has 0 spiro atoms. The predicted octanol–water partition coefficient (Wildman–Crippen LogP) is 1.27. The van der Waals surface area contributed by atoms with E-state index >= 15 is 0 Å². The molecule has 1 N–H and O–H groups in total. The first-order valence-electron chi connectivity index (χ1n) is 6.81. The van der Waals surface area contributed by atoms with Crippen LogP contribution in [0.25, 0.3) is 0 Å². The fraction of sp³-hybridized carbons (Fsp3) is 0.467. The number of hydrogen-bond donors (Lipinski definition) is 1. The Hall–Kier alpha value is -1.95. The molecular weight excluding hydrogens is 277 g/mol. The summed E-state index contributed by atoms with van der Waals surface area (Å²) in [5, 5.41) is 9.20. The van der Waals surface area contributed by atoms with Crippen LogP contribution >= 0.6 is 0 Å². The van der Waals surface area contributed by atoms with Gasteiger partial charge in [-0.05, 0) is 12.5 Å². The molecule has 2 rings (SSSR count). The molecule has 0 aromatic heterocycles. The zero-order chi connectivity index (χ0) is 15.4. The van der Waals surface area contributed by atoms with Gasteiger partial charge in [0, 0.05) is 25.1 Å². The van der Waals surface area contributed by atoms with Gasteiger partial charge < -0.3 is 14.7 Å². The molecule has 1 aliphatic heterocycles. The minimum Gasteiger partial charge on any atom is -0.469 e. The number of rotatable bonds is 5. The lowest BCUT2D eigenvalue weighted by Gasteiger charge is -2.28. The van der Waals surface area contributed by atoms with Crippen molar-refractivity contribution in [2.45, 2.75) is 18.9 Å². The number of likely N-dealkylation sites (tertiary alicyclic amines) is 1. The van der Waals surface area contributed by atoms with E-state index in [9.17, 15) is 19.1 Å². The molecule has 1 heterocycles. The third-order valence-corrected chi connectivity index (χ3v) is 3.74. The number of halogens is 1. The van der Waals surface area contributed by atoms with E-state index < -0.39 is 23.7 Å². The lowest BCUT2D eigenvalue weighted by atomic mass is 10.0. The molecule has 2 unspecified atom stereocenters. The molecule has 0 aliphatic carbocycles. The Morgan fingerprint density at radius 2 is 2.24 bits per heavy atom. The SMILES string of the molecule is COC(=O)C1CC(=O)N(C(CCO)c2ccccc2F)C1. The van der Waals surface area contributed by atoms with Gasteiger partial charge in [-0.15, -0.1) is 0 Å². The number of carbonyl (C=O) groups is 2. The summed E-state index contributed by atoms with van der Waals surface area (Å²) in [6, 6.07) is 5.59. The van der Waals surface area contributed by atoms with Crippen LogP contribution in [0.3, 0.4) is 0 Å². The molecule has 0 radical (unpaired) electrons. The average molecular weight is 295 g/mol. The van der Waals surface area contributed by atoms with E-state index in [0.29, 0.717) is 5.56 Å². The Bertz CT molecular complexity index is 534. The van der Waals surface area contributed by atoms with Crippen molar-refractivity contribution >= 4 is 11.9 Å². The minimum atomic E-state index is -0.571. The summed E-state index contributed by atoms with van der Waals surface area (Å²) < 4.78 is 18.6. The summed E-state index contributed by atoms with van der Waals surface area (Å²) in [5.41, 5.74) is 0.352. The van der Waals surface area contributed by atoms with Crippen LogP contribution in [0.5, 0.6) is 0 Å². The maximum Gasteiger partial charge on any atom is 0.310 e. The fourth-order valence-electron chi connectivity index (χ4n) is 2.70. The second kappa shape index (κ2) is 6.67. The summed E-state index contributed by atoms with van der Waals surface area (Å²) >= 11 is 0. The molecule has 2 atom stereocenters. The summed E-state index contributed by atoms with van der Waals surface area (Å²) in [6.07, 6.45) is 0.281. The summed E-state index contributed by atoms with van der Waals surface area (Å²) in [4.78, 5) is 25.1. The molecule has 1 aliphatic rings. The van der Waals surface area contributed by atoms with Gasteiger partial charge in [-0.25, -0.2) is 4.39 Å². The van der Waals surface area contributed by atoms with Gasteiger partial charge in [0.2, 0.25) is 5.91 Å². The largest absolute Gasteiger partial charge is 0.469 e. The van der Waals surface area contributed by atoms with Crippen molar-refractivity contribution in [3.63, 3.8) is 0 Å². The van der Waals surface area contributed by atoms with Crippen molar-refractivity contribution in [2.75, 3.05) is 20.3 Å². The van der Waals surface area contributed by atoms with E-state index in [1.807, 2.05) is 0 Å². The number of benzene rings is 1. The maximum absolute atomic E-state index is 14.0. The van der Waals surface area contributed by atoms with Gasteiger partial charge in [0.05, 0.1) is 19.1 Å².